The zero-order chi connectivity index (χ0) is 15.5. The number of benzene rings is 2. The molecular formula is C20H17O2+. The van der Waals surface area contributed by atoms with Crippen molar-refractivity contribution < 1.29 is 9.21 Å². The van der Waals surface area contributed by atoms with Crippen molar-refractivity contribution in [3.63, 3.8) is 0 Å². The molecule has 0 saturated heterocycles. The smallest absolute Gasteiger partial charge is 0.294 e. The molecule has 0 aliphatic carbocycles. The molecule has 0 atom stereocenters. The van der Waals surface area contributed by atoms with Gasteiger partial charge in [0.25, 0.3) is 0 Å². The fourth-order valence-corrected chi connectivity index (χ4v) is 2.67. The SMILES string of the molecule is CC(=O)c1c(-c2ccccc2)cc(-c2ccccc2)[o+]c1C. The molecule has 0 N–H and O–H groups in total. The normalized spacial score (nSPS) is 10.5. The third-order valence-corrected chi connectivity index (χ3v) is 3.66. The standard InChI is InChI=1S/C20H17O2/c1-14(21)20-15(2)22-19(17-11-7-4-8-12-17)13-18(20)16-9-5-3-6-10-16/h3-13H,1-2H3/q+1. The molecule has 0 aliphatic heterocycles. The molecule has 0 spiro atoms. The monoisotopic (exact) mass is 289 g/mol. The summed E-state index contributed by atoms with van der Waals surface area (Å²) in [5, 5.41) is 0. The highest BCUT2D eigenvalue weighted by atomic mass is 16.3. The molecule has 0 amide bonds. The van der Waals surface area contributed by atoms with Gasteiger partial charge >= 0.3 is 11.5 Å². The minimum absolute atomic E-state index is 0.0136. The zero-order valence-electron chi connectivity index (χ0n) is 12.7. The summed E-state index contributed by atoms with van der Waals surface area (Å²) < 4.78 is 5.90. The van der Waals surface area contributed by atoms with Gasteiger partial charge in [0.2, 0.25) is 0 Å². The second-order valence-corrected chi connectivity index (χ2v) is 5.24. The van der Waals surface area contributed by atoms with Gasteiger partial charge in [0.1, 0.15) is 5.56 Å². The summed E-state index contributed by atoms with van der Waals surface area (Å²) in [6.45, 7) is 3.42. The molecule has 1 aromatic heterocycles. The molecule has 3 aromatic rings. The van der Waals surface area contributed by atoms with Crippen LogP contribution in [0.4, 0.5) is 0 Å². The zero-order valence-corrected chi connectivity index (χ0v) is 12.7. The lowest BCUT2D eigenvalue weighted by molar-refractivity contribution is 0.101. The highest BCUT2D eigenvalue weighted by molar-refractivity contribution is 6.02. The third kappa shape index (κ3) is 2.68. The van der Waals surface area contributed by atoms with E-state index in [0.29, 0.717) is 11.3 Å². The minimum Gasteiger partial charge on any atom is -0.294 e. The van der Waals surface area contributed by atoms with Crippen LogP contribution in [0.2, 0.25) is 0 Å². The number of carbonyl (C=O) groups is 1. The van der Waals surface area contributed by atoms with E-state index in [2.05, 4.69) is 0 Å². The summed E-state index contributed by atoms with van der Waals surface area (Å²) in [5.74, 6) is 1.43. The fraction of sp³-hybridized carbons (Fsp3) is 0.100. The molecule has 0 fully saturated rings. The number of ketones is 1. The fourth-order valence-electron chi connectivity index (χ4n) is 2.67. The summed E-state index contributed by atoms with van der Waals surface area (Å²) in [5.41, 5.74) is 3.57. The van der Waals surface area contributed by atoms with Crippen molar-refractivity contribution in [3.05, 3.63) is 78.1 Å². The van der Waals surface area contributed by atoms with Crippen LogP contribution >= 0.6 is 0 Å². The van der Waals surface area contributed by atoms with E-state index in [-0.39, 0.29) is 5.78 Å². The van der Waals surface area contributed by atoms with Gasteiger partial charge in [0.05, 0.1) is 18.6 Å². The van der Waals surface area contributed by atoms with Crippen LogP contribution in [0.3, 0.4) is 0 Å². The minimum atomic E-state index is 0.0136. The molecule has 0 bridgehead atoms. The molecule has 108 valence electrons. The molecule has 1 heterocycles. The highest BCUT2D eigenvalue weighted by Crippen LogP contribution is 2.32. The van der Waals surface area contributed by atoms with E-state index in [1.807, 2.05) is 73.7 Å². The average Bonchev–Trinajstić information content (AvgIpc) is 2.55. The topological polar surface area (TPSA) is 28.4 Å². The van der Waals surface area contributed by atoms with Gasteiger partial charge in [-0.1, -0.05) is 48.5 Å². The van der Waals surface area contributed by atoms with Crippen molar-refractivity contribution >= 4 is 5.78 Å². The molecule has 0 unspecified atom stereocenters. The first-order valence-electron chi connectivity index (χ1n) is 7.26. The molecule has 3 rings (SSSR count). The van der Waals surface area contributed by atoms with E-state index in [0.717, 1.165) is 22.5 Å². The van der Waals surface area contributed by atoms with E-state index in [9.17, 15) is 4.79 Å². The Labute approximate surface area is 130 Å². The predicted octanol–water partition coefficient (Wildman–Crippen LogP) is 5.41. The lowest BCUT2D eigenvalue weighted by Crippen LogP contribution is -2.01. The van der Waals surface area contributed by atoms with Crippen molar-refractivity contribution in [2.75, 3.05) is 0 Å². The van der Waals surface area contributed by atoms with Crippen molar-refractivity contribution in [3.8, 4) is 22.5 Å². The highest BCUT2D eigenvalue weighted by Gasteiger charge is 2.25. The number of carbonyl (C=O) groups excluding carboxylic acids is 1. The van der Waals surface area contributed by atoms with E-state index in [1.54, 1.807) is 6.92 Å². The van der Waals surface area contributed by atoms with Gasteiger partial charge in [-0.15, -0.1) is 0 Å². The van der Waals surface area contributed by atoms with Crippen LogP contribution in [0, 0.1) is 6.92 Å². The Hall–Kier alpha value is -2.74. The maximum Gasteiger partial charge on any atom is 0.360 e. The molecule has 0 saturated carbocycles. The Morgan fingerprint density at radius 3 is 1.95 bits per heavy atom. The lowest BCUT2D eigenvalue weighted by Gasteiger charge is -2.06. The Kier molecular flexibility index (Phi) is 3.84. The van der Waals surface area contributed by atoms with E-state index in [1.165, 1.54) is 0 Å². The summed E-state index contributed by atoms with van der Waals surface area (Å²) in [6, 6.07) is 21.8. The first-order chi connectivity index (χ1) is 10.7. The third-order valence-electron chi connectivity index (χ3n) is 3.66. The Morgan fingerprint density at radius 1 is 0.864 bits per heavy atom. The maximum absolute atomic E-state index is 12.0. The number of hydrogen-bond donors (Lipinski definition) is 0. The van der Waals surface area contributed by atoms with Gasteiger partial charge in [0.15, 0.2) is 5.78 Å². The largest absolute Gasteiger partial charge is 0.360 e. The maximum atomic E-state index is 12.0. The molecule has 0 aliphatic rings. The van der Waals surface area contributed by atoms with Crippen LogP contribution in [-0.4, -0.2) is 5.78 Å². The van der Waals surface area contributed by atoms with E-state index < -0.39 is 0 Å². The van der Waals surface area contributed by atoms with E-state index >= 15 is 0 Å². The summed E-state index contributed by atoms with van der Waals surface area (Å²) in [7, 11) is 0. The van der Waals surface area contributed by atoms with Crippen molar-refractivity contribution in [2.45, 2.75) is 13.8 Å². The summed E-state index contributed by atoms with van der Waals surface area (Å²) >= 11 is 0. The lowest BCUT2D eigenvalue weighted by atomic mass is 9.96. The van der Waals surface area contributed by atoms with Crippen molar-refractivity contribution in [1.82, 2.24) is 0 Å². The van der Waals surface area contributed by atoms with Crippen molar-refractivity contribution in [2.24, 2.45) is 0 Å². The molecule has 22 heavy (non-hydrogen) atoms. The number of aryl methyl sites for hydroxylation is 1. The van der Waals surface area contributed by atoms with Crippen molar-refractivity contribution in [1.29, 1.82) is 0 Å². The van der Waals surface area contributed by atoms with Crippen LogP contribution < -0.4 is 0 Å². The van der Waals surface area contributed by atoms with E-state index in [4.69, 9.17) is 4.42 Å². The second kappa shape index (κ2) is 5.94. The predicted molar refractivity (Wildman–Crippen MR) is 88.7 cm³/mol. The van der Waals surface area contributed by atoms with Gasteiger partial charge in [-0.05, 0) is 24.6 Å². The molecule has 2 aromatic carbocycles. The number of rotatable bonds is 3. The molecular weight excluding hydrogens is 272 g/mol. The van der Waals surface area contributed by atoms with Gasteiger partial charge in [-0.2, -0.15) is 0 Å². The molecule has 2 heteroatoms. The quantitative estimate of drug-likeness (QED) is 0.476. The summed E-state index contributed by atoms with van der Waals surface area (Å²) in [4.78, 5) is 12.0. The van der Waals surface area contributed by atoms with Gasteiger partial charge < -0.3 is 0 Å². The van der Waals surface area contributed by atoms with Crippen LogP contribution in [-0.2, 0) is 0 Å². The van der Waals surface area contributed by atoms with Gasteiger partial charge in [-0.3, -0.25) is 4.79 Å². The number of Topliss-reactive ketones (excluding diaryl/α,β-unsaturated/α-hetero) is 1. The second-order valence-electron chi connectivity index (χ2n) is 5.24. The van der Waals surface area contributed by atoms with Crippen LogP contribution in [0.15, 0.2) is 71.1 Å². The Balaban J connectivity index is 2.26. The first kappa shape index (κ1) is 14.2. The first-order valence-corrected chi connectivity index (χ1v) is 7.26. The summed E-state index contributed by atoms with van der Waals surface area (Å²) in [6.07, 6.45) is 0. The van der Waals surface area contributed by atoms with Crippen LogP contribution in [0.1, 0.15) is 23.0 Å². The van der Waals surface area contributed by atoms with Crippen LogP contribution in [0.25, 0.3) is 22.5 Å². The van der Waals surface area contributed by atoms with Gasteiger partial charge in [-0.25, -0.2) is 4.42 Å². The molecule has 0 radical (unpaired) electrons. The Bertz CT molecular complexity index is 806. The Morgan fingerprint density at radius 2 is 1.41 bits per heavy atom. The number of hydrogen-bond acceptors (Lipinski definition) is 1. The van der Waals surface area contributed by atoms with Gasteiger partial charge in [0, 0.05) is 5.56 Å². The van der Waals surface area contributed by atoms with Crippen LogP contribution in [0.5, 0.6) is 0 Å². The average molecular weight is 289 g/mol. The molecule has 2 nitrogen and oxygen atoms in total.